The van der Waals surface area contributed by atoms with Gasteiger partial charge in [0.25, 0.3) is 0 Å². The average molecular weight is 490 g/mol. The third kappa shape index (κ3) is 6.95. The van der Waals surface area contributed by atoms with Gasteiger partial charge in [-0.2, -0.15) is 5.10 Å². The normalized spacial score (nSPS) is 20.1. The molecule has 0 radical (unpaired) electrons. The number of halogens is 1. The standard InChI is InChI=1S/C18H30N6O2.HI/c1-3-19-18(20-8-4-5-17(25)22-15-6-7-15)24-9-10-26-16(13-24)14-11-21-23(2)12-14;/h11-12,15-16H,3-10,13H2,1-2H3,(H,19,20)(H,22,25);1H. The number of carbonyl (C=O) groups excluding carboxylic acids is 1. The highest BCUT2D eigenvalue weighted by Crippen LogP contribution is 2.21. The second-order valence-corrected chi connectivity index (χ2v) is 6.93. The van der Waals surface area contributed by atoms with Gasteiger partial charge in [-0.05, 0) is 26.2 Å². The number of amides is 1. The number of ether oxygens (including phenoxy) is 1. The zero-order valence-corrected chi connectivity index (χ0v) is 18.5. The summed E-state index contributed by atoms with van der Waals surface area (Å²) in [6, 6.07) is 0.432. The molecule has 2 heterocycles. The van der Waals surface area contributed by atoms with Crippen molar-refractivity contribution in [2.24, 2.45) is 12.0 Å². The van der Waals surface area contributed by atoms with Crippen LogP contribution in [0.4, 0.5) is 0 Å². The molecule has 27 heavy (non-hydrogen) atoms. The van der Waals surface area contributed by atoms with E-state index in [9.17, 15) is 4.79 Å². The van der Waals surface area contributed by atoms with Crippen LogP contribution in [-0.4, -0.2) is 65.4 Å². The maximum absolute atomic E-state index is 11.8. The number of morpholine rings is 1. The number of rotatable bonds is 7. The van der Waals surface area contributed by atoms with Gasteiger partial charge in [0.2, 0.25) is 5.91 Å². The van der Waals surface area contributed by atoms with Gasteiger partial charge in [-0.25, -0.2) is 0 Å². The largest absolute Gasteiger partial charge is 0.370 e. The van der Waals surface area contributed by atoms with E-state index in [1.165, 1.54) is 0 Å². The van der Waals surface area contributed by atoms with E-state index >= 15 is 0 Å². The van der Waals surface area contributed by atoms with Crippen molar-refractivity contribution in [2.45, 2.75) is 44.8 Å². The van der Waals surface area contributed by atoms with Gasteiger partial charge in [-0.15, -0.1) is 24.0 Å². The summed E-state index contributed by atoms with van der Waals surface area (Å²) in [5, 5.41) is 10.6. The first-order valence-electron chi connectivity index (χ1n) is 9.58. The van der Waals surface area contributed by atoms with Crippen molar-refractivity contribution >= 4 is 35.8 Å². The van der Waals surface area contributed by atoms with Crippen molar-refractivity contribution in [3.8, 4) is 0 Å². The number of hydrogen-bond donors (Lipinski definition) is 2. The van der Waals surface area contributed by atoms with E-state index in [4.69, 9.17) is 9.73 Å². The van der Waals surface area contributed by atoms with Gasteiger partial charge in [0.05, 0.1) is 19.3 Å². The molecule has 9 heteroatoms. The molecule has 2 N–H and O–H groups in total. The van der Waals surface area contributed by atoms with Gasteiger partial charge < -0.3 is 20.3 Å². The number of aromatic nitrogens is 2. The Kier molecular flexibility index (Phi) is 8.81. The molecule has 1 aromatic rings. The molecule has 3 rings (SSSR count). The fraction of sp³-hybridized carbons (Fsp3) is 0.722. The van der Waals surface area contributed by atoms with E-state index in [0.717, 1.165) is 50.4 Å². The fourth-order valence-electron chi connectivity index (χ4n) is 3.03. The molecular formula is C18H31IN6O2. The monoisotopic (exact) mass is 490 g/mol. The average Bonchev–Trinajstić information content (AvgIpc) is 3.34. The lowest BCUT2D eigenvalue weighted by atomic mass is 10.1. The maximum Gasteiger partial charge on any atom is 0.220 e. The summed E-state index contributed by atoms with van der Waals surface area (Å²) in [5.74, 6) is 1.04. The lowest BCUT2D eigenvalue weighted by molar-refractivity contribution is -0.121. The highest BCUT2D eigenvalue weighted by atomic mass is 127. The topological polar surface area (TPSA) is 83.8 Å². The van der Waals surface area contributed by atoms with Crippen LogP contribution >= 0.6 is 24.0 Å². The van der Waals surface area contributed by atoms with Crippen molar-refractivity contribution in [1.29, 1.82) is 0 Å². The molecule has 1 aliphatic heterocycles. The first-order chi connectivity index (χ1) is 12.7. The zero-order valence-electron chi connectivity index (χ0n) is 16.2. The van der Waals surface area contributed by atoms with Gasteiger partial charge >= 0.3 is 0 Å². The van der Waals surface area contributed by atoms with Crippen LogP contribution in [0.5, 0.6) is 0 Å². The van der Waals surface area contributed by atoms with Gasteiger partial charge in [0.1, 0.15) is 6.10 Å². The molecule has 1 saturated carbocycles. The Bertz CT molecular complexity index is 631. The van der Waals surface area contributed by atoms with Crippen LogP contribution in [0, 0.1) is 0 Å². The minimum Gasteiger partial charge on any atom is -0.370 e. The Labute approximate surface area is 178 Å². The molecule has 152 valence electrons. The third-order valence-corrected chi connectivity index (χ3v) is 4.56. The second-order valence-electron chi connectivity index (χ2n) is 6.93. The zero-order chi connectivity index (χ0) is 18.4. The lowest BCUT2D eigenvalue weighted by Crippen LogP contribution is -2.48. The minimum atomic E-state index is 0. The van der Waals surface area contributed by atoms with Crippen LogP contribution in [0.15, 0.2) is 17.4 Å². The van der Waals surface area contributed by atoms with Gasteiger partial charge in [0.15, 0.2) is 5.96 Å². The maximum atomic E-state index is 11.8. The van der Waals surface area contributed by atoms with Crippen molar-refractivity contribution < 1.29 is 9.53 Å². The number of guanidine groups is 1. The summed E-state index contributed by atoms with van der Waals surface area (Å²) in [5.41, 5.74) is 1.09. The van der Waals surface area contributed by atoms with Crippen LogP contribution in [0.2, 0.25) is 0 Å². The van der Waals surface area contributed by atoms with E-state index < -0.39 is 0 Å². The summed E-state index contributed by atoms with van der Waals surface area (Å²) in [6.07, 6.45) is 7.43. The van der Waals surface area contributed by atoms with Crippen molar-refractivity contribution in [3.63, 3.8) is 0 Å². The number of aryl methyl sites for hydroxylation is 1. The molecule has 8 nitrogen and oxygen atoms in total. The predicted molar refractivity (Wildman–Crippen MR) is 115 cm³/mol. The Morgan fingerprint density at radius 1 is 1.44 bits per heavy atom. The molecule has 2 fully saturated rings. The smallest absolute Gasteiger partial charge is 0.220 e. The highest BCUT2D eigenvalue weighted by molar-refractivity contribution is 14.0. The van der Waals surface area contributed by atoms with Crippen LogP contribution in [0.3, 0.4) is 0 Å². The first-order valence-corrected chi connectivity index (χ1v) is 9.58. The lowest BCUT2D eigenvalue weighted by Gasteiger charge is -2.34. The summed E-state index contributed by atoms with van der Waals surface area (Å²) in [4.78, 5) is 18.7. The molecule has 1 aliphatic carbocycles. The van der Waals surface area contributed by atoms with E-state index in [1.807, 2.05) is 19.4 Å². The summed E-state index contributed by atoms with van der Waals surface area (Å²) >= 11 is 0. The molecule has 1 amide bonds. The van der Waals surface area contributed by atoms with Crippen LogP contribution < -0.4 is 10.6 Å². The first kappa shape index (κ1) is 21.9. The Morgan fingerprint density at radius 3 is 2.93 bits per heavy atom. The molecular weight excluding hydrogens is 459 g/mol. The summed E-state index contributed by atoms with van der Waals surface area (Å²) in [6.45, 7) is 5.75. The van der Waals surface area contributed by atoms with Crippen LogP contribution in [0.25, 0.3) is 0 Å². The molecule has 2 aliphatic rings. The van der Waals surface area contributed by atoms with Crippen LogP contribution in [0.1, 0.15) is 44.3 Å². The molecule has 1 unspecified atom stereocenters. The van der Waals surface area contributed by atoms with Gasteiger partial charge in [-0.1, -0.05) is 0 Å². The molecule has 0 bridgehead atoms. The number of nitrogens with one attached hydrogen (secondary N) is 2. The van der Waals surface area contributed by atoms with Crippen LogP contribution in [-0.2, 0) is 16.6 Å². The quantitative estimate of drug-likeness (QED) is 0.262. The Morgan fingerprint density at radius 2 is 2.26 bits per heavy atom. The number of hydrogen-bond acceptors (Lipinski definition) is 4. The SMILES string of the molecule is CCNC(=NCCCC(=O)NC1CC1)N1CCOC(c2cnn(C)c2)C1.I. The Hall–Kier alpha value is -1.36. The Balaban J connectivity index is 0.00000261. The van der Waals surface area contributed by atoms with E-state index in [2.05, 4.69) is 27.6 Å². The van der Waals surface area contributed by atoms with Gasteiger partial charge in [-0.3, -0.25) is 14.5 Å². The van der Waals surface area contributed by atoms with Crippen molar-refractivity contribution in [1.82, 2.24) is 25.3 Å². The van der Waals surface area contributed by atoms with E-state index in [0.29, 0.717) is 25.6 Å². The number of nitrogens with zero attached hydrogens (tertiary/aromatic N) is 4. The summed E-state index contributed by atoms with van der Waals surface area (Å²) in [7, 11) is 1.91. The highest BCUT2D eigenvalue weighted by Gasteiger charge is 2.25. The second kappa shape index (κ2) is 10.8. The molecule has 1 saturated heterocycles. The predicted octanol–water partition coefficient (Wildman–Crippen LogP) is 1.44. The van der Waals surface area contributed by atoms with Crippen molar-refractivity contribution in [2.75, 3.05) is 32.8 Å². The van der Waals surface area contributed by atoms with E-state index in [-0.39, 0.29) is 36.0 Å². The minimum absolute atomic E-state index is 0. The van der Waals surface area contributed by atoms with Gasteiger partial charge in [0, 0.05) is 50.9 Å². The number of aliphatic imine (C=N–C) groups is 1. The van der Waals surface area contributed by atoms with E-state index in [1.54, 1.807) is 4.68 Å². The van der Waals surface area contributed by atoms with Crippen molar-refractivity contribution in [3.05, 3.63) is 18.0 Å². The number of carbonyl (C=O) groups is 1. The molecule has 0 aromatic carbocycles. The third-order valence-electron chi connectivity index (χ3n) is 4.56. The molecule has 1 atom stereocenters. The molecule has 0 spiro atoms. The fourth-order valence-corrected chi connectivity index (χ4v) is 3.03. The molecule has 1 aromatic heterocycles. The summed E-state index contributed by atoms with van der Waals surface area (Å²) < 4.78 is 7.70.